The molecular formula is C8H9F2NO2S. The Morgan fingerprint density at radius 3 is 2.86 bits per heavy atom. The van der Waals surface area contributed by atoms with Gasteiger partial charge in [0, 0.05) is 6.54 Å². The standard InChI is InChI=1S/C8H9F2NO2S/c9-7(10)5(12)4-11-8(13)6-2-1-3-14-6/h1-3,5,7,12H,4H2,(H,11,13). The number of aliphatic hydroxyl groups is 1. The van der Waals surface area contributed by atoms with Crippen molar-refractivity contribution in [2.24, 2.45) is 0 Å². The number of carbonyl (C=O) groups excluding carboxylic acids is 1. The third-order valence-electron chi connectivity index (χ3n) is 1.51. The van der Waals surface area contributed by atoms with Crippen LogP contribution in [0.1, 0.15) is 9.67 Å². The molecule has 1 aromatic rings. The maximum absolute atomic E-state index is 11.8. The molecule has 1 unspecified atom stereocenters. The van der Waals surface area contributed by atoms with E-state index >= 15 is 0 Å². The fraction of sp³-hybridized carbons (Fsp3) is 0.375. The normalized spacial score (nSPS) is 12.9. The number of amides is 1. The van der Waals surface area contributed by atoms with Gasteiger partial charge in [0.25, 0.3) is 12.3 Å². The number of hydrogen-bond donors (Lipinski definition) is 2. The average Bonchev–Trinajstić information content (AvgIpc) is 2.66. The molecule has 14 heavy (non-hydrogen) atoms. The first-order valence-corrected chi connectivity index (χ1v) is 4.77. The van der Waals surface area contributed by atoms with E-state index in [1.54, 1.807) is 17.5 Å². The highest BCUT2D eigenvalue weighted by atomic mass is 32.1. The van der Waals surface area contributed by atoms with Gasteiger partial charge in [-0.3, -0.25) is 4.79 Å². The Bertz CT molecular complexity index is 290. The molecule has 0 radical (unpaired) electrons. The zero-order chi connectivity index (χ0) is 10.6. The summed E-state index contributed by atoms with van der Waals surface area (Å²) in [5.41, 5.74) is 0. The second-order valence-electron chi connectivity index (χ2n) is 2.59. The van der Waals surface area contributed by atoms with Gasteiger partial charge in [0.15, 0.2) is 0 Å². The van der Waals surface area contributed by atoms with Crippen molar-refractivity contribution in [1.82, 2.24) is 5.32 Å². The first kappa shape index (κ1) is 11.1. The van der Waals surface area contributed by atoms with Crippen molar-refractivity contribution in [3.05, 3.63) is 22.4 Å². The van der Waals surface area contributed by atoms with Gasteiger partial charge in [0.2, 0.25) is 0 Å². The van der Waals surface area contributed by atoms with Crippen LogP contribution >= 0.6 is 11.3 Å². The molecule has 6 heteroatoms. The fourth-order valence-electron chi connectivity index (χ4n) is 0.781. The summed E-state index contributed by atoms with van der Waals surface area (Å²) in [4.78, 5) is 11.6. The number of hydrogen-bond acceptors (Lipinski definition) is 3. The fourth-order valence-corrected chi connectivity index (χ4v) is 1.42. The molecule has 0 saturated heterocycles. The molecular weight excluding hydrogens is 212 g/mol. The molecule has 3 nitrogen and oxygen atoms in total. The Kier molecular flexibility index (Phi) is 3.97. The van der Waals surface area contributed by atoms with Gasteiger partial charge in [0.05, 0.1) is 4.88 Å². The first-order chi connectivity index (χ1) is 6.61. The maximum atomic E-state index is 11.8. The minimum atomic E-state index is -2.83. The summed E-state index contributed by atoms with van der Waals surface area (Å²) in [6, 6.07) is 3.26. The van der Waals surface area contributed by atoms with Crippen LogP contribution in [0.4, 0.5) is 8.78 Å². The zero-order valence-corrected chi connectivity index (χ0v) is 7.93. The summed E-state index contributed by atoms with van der Waals surface area (Å²) in [6.07, 6.45) is -4.64. The molecule has 0 bridgehead atoms. The molecule has 0 aliphatic heterocycles. The van der Waals surface area contributed by atoms with E-state index in [-0.39, 0.29) is 0 Å². The van der Waals surface area contributed by atoms with Crippen molar-refractivity contribution in [1.29, 1.82) is 0 Å². The molecule has 0 fully saturated rings. The van der Waals surface area contributed by atoms with Crippen molar-refractivity contribution in [3.8, 4) is 0 Å². The van der Waals surface area contributed by atoms with E-state index in [1.165, 1.54) is 11.3 Å². The van der Waals surface area contributed by atoms with Crippen molar-refractivity contribution >= 4 is 17.2 Å². The summed E-state index contributed by atoms with van der Waals surface area (Å²) < 4.78 is 23.6. The summed E-state index contributed by atoms with van der Waals surface area (Å²) >= 11 is 1.21. The van der Waals surface area contributed by atoms with E-state index in [2.05, 4.69) is 5.32 Å². The van der Waals surface area contributed by atoms with E-state index in [0.717, 1.165) is 0 Å². The summed E-state index contributed by atoms with van der Waals surface area (Å²) in [5.74, 6) is -0.445. The zero-order valence-electron chi connectivity index (χ0n) is 7.11. The van der Waals surface area contributed by atoms with Crippen molar-refractivity contribution in [2.75, 3.05) is 6.54 Å². The second kappa shape index (κ2) is 5.02. The van der Waals surface area contributed by atoms with Crippen LogP contribution in [-0.2, 0) is 0 Å². The van der Waals surface area contributed by atoms with Crippen LogP contribution in [0.25, 0.3) is 0 Å². The summed E-state index contributed by atoms with van der Waals surface area (Å²) in [7, 11) is 0. The number of carbonyl (C=O) groups is 1. The largest absolute Gasteiger partial charge is 0.385 e. The quantitative estimate of drug-likeness (QED) is 0.800. The minimum absolute atomic E-state index is 0.436. The summed E-state index contributed by atoms with van der Waals surface area (Å²) in [5, 5.41) is 12.6. The number of alkyl halides is 2. The monoisotopic (exact) mass is 221 g/mol. The van der Waals surface area contributed by atoms with Crippen LogP contribution in [0, 0.1) is 0 Å². The Hall–Kier alpha value is -1.01. The minimum Gasteiger partial charge on any atom is -0.385 e. The number of aliphatic hydroxyl groups excluding tert-OH is 1. The van der Waals surface area contributed by atoms with Crippen LogP contribution in [0.3, 0.4) is 0 Å². The molecule has 0 spiro atoms. The van der Waals surface area contributed by atoms with Crippen LogP contribution in [0.2, 0.25) is 0 Å². The van der Waals surface area contributed by atoms with E-state index in [9.17, 15) is 13.6 Å². The van der Waals surface area contributed by atoms with Gasteiger partial charge in [-0.15, -0.1) is 11.3 Å². The maximum Gasteiger partial charge on any atom is 0.265 e. The molecule has 1 atom stereocenters. The molecule has 0 aliphatic carbocycles. The van der Waals surface area contributed by atoms with Gasteiger partial charge in [-0.05, 0) is 11.4 Å². The van der Waals surface area contributed by atoms with Crippen LogP contribution in [0.15, 0.2) is 17.5 Å². The molecule has 0 aliphatic rings. The Balaban J connectivity index is 2.36. The third kappa shape index (κ3) is 3.04. The molecule has 1 heterocycles. The van der Waals surface area contributed by atoms with Gasteiger partial charge >= 0.3 is 0 Å². The Morgan fingerprint density at radius 1 is 1.64 bits per heavy atom. The second-order valence-corrected chi connectivity index (χ2v) is 3.54. The first-order valence-electron chi connectivity index (χ1n) is 3.89. The van der Waals surface area contributed by atoms with Crippen molar-refractivity contribution < 1.29 is 18.7 Å². The number of rotatable bonds is 4. The van der Waals surface area contributed by atoms with E-state index < -0.39 is 25.0 Å². The third-order valence-corrected chi connectivity index (χ3v) is 2.38. The lowest BCUT2D eigenvalue weighted by atomic mass is 10.3. The molecule has 0 saturated carbocycles. The van der Waals surface area contributed by atoms with Gasteiger partial charge in [-0.2, -0.15) is 0 Å². The summed E-state index contributed by atoms with van der Waals surface area (Å²) in [6.45, 7) is -0.436. The van der Waals surface area contributed by atoms with E-state index in [1.807, 2.05) is 0 Å². The SMILES string of the molecule is O=C(NCC(O)C(F)F)c1cccs1. The van der Waals surface area contributed by atoms with Crippen molar-refractivity contribution in [2.45, 2.75) is 12.5 Å². The predicted octanol–water partition coefficient (Wildman–Crippen LogP) is 1.10. The molecule has 78 valence electrons. The Morgan fingerprint density at radius 2 is 2.36 bits per heavy atom. The molecule has 1 aromatic heterocycles. The van der Waals surface area contributed by atoms with Crippen LogP contribution < -0.4 is 5.32 Å². The number of nitrogens with one attached hydrogen (secondary N) is 1. The van der Waals surface area contributed by atoms with Gasteiger partial charge in [0.1, 0.15) is 6.10 Å². The van der Waals surface area contributed by atoms with Crippen LogP contribution in [-0.4, -0.2) is 30.1 Å². The van der Waals surface area contributed by atoms with Crippen LogP contribution in [0.5, 0.6) is 0 Å². The van der Waals surface area contributed by atoms with Crippen molar-refractivity contribution in [3.63, 3.8) is 0 Å². The highest BCUT2D eigenvalue weighted by Crippen LogP contribution is 2.08. The number of thiophene rings is 1. The lowest BCUT2D eigenvalue weighted by Crippen LogP contribution is -2.35. The Labute approximate surface area is 83.4 Å². The molecule has 2 N–H and O–H groups in total. The molecule has 0 aromatic carbocycles. The highest BCUT2D eigenvalue weighted by Gasteiger charge is 2.17. The molecule has 1 amide bonds. The van der Waals surface area contributed by atoms with Gasteiger partial charge in [-0.25, -0.2) is 8.78 Å². The van der Waals surface area contributed by atoms with E-state index in [4.69, 9.17) is 5.11 Å². The predicted molar refractivity (Wildman–Crippen MR) is 48.7 cm³/mol. The van der Waals surface area contributed by atoms with E-state index in [0.29, 0.717) is 4.88 Å². The number of halogens is 2. The topological polar surface area (TPSA) is 49.3 Å². The average molecular weight is 221 g/mol. The van der Waals surface area contributed by atoms with Gasteiger partial charge in [-0.1, -0.05) is 6.07 Å². The highest BCUT2D eigenvalue weighted by molar-refractivity contribution is 7.12. The van der Waals surface area contributed by atoms with Gasteiger partial charge < -0.3 is 10.4 Å². The lowest BCUT2D eigenvalue weighted by molar-refractivity contribution is -0.00268. The molecule has 1 rings (SSSR count). The lowest BCUT2D eigenvalue weighted by Gasteiger charge is -2.09. The smallest absolute Gasteiger partial charge is 0.265 e.